The largest absolute Gasteiger partial charge is 0.479 e. The van der Waals surface area contributed by atoms with Gasteiger partial charge >= 0.3 is 5.97 Å². The van der Waals surface area contributed by atoms with Crippen molar-refractivity contribution in [2.75, 3.05) is 11.9 Å². The Hall–Kier alpha value is -1.76. The minimum absolute atomic E-state index is 0.326. The Kier molecular flexibility index (Phi) is 7.44. The number of ether oxygens (including phenoxy) is 2. The molecule has 0 saturated heterocycles. The number of nitrogens with one attached hydrogen (secondary N) is 1. The summed E-state index contributed by atoms with van der Waals surface area (Å²) in [4.78, 5) is 26.5. The summed E-state index contributed by atoms with van der Waals surface area (Å²) in [6.07, 6.45) is 3.78. The topological polar surface area (TPSA) is 64.6 Å². The van der Waals surface area contributed by atoms with Gasteiger partial charge in [-0.1, -0.05) is 30.1 Å². The zero-order valence-corrected chi connectivity index (χ0v) is 18.7. The summed E-state index contributed by atoms with van der Waals surface area (Å²) in [5, 5.41) is 4.20. The summed E-state index contributed by atoms with van der Waals surface area (Å²) in [5.41, 5.74) is 1.50. The molecule has 0 saturated carbocycles. The van der Waals surface area contributed by atoms with Crippen LogP contribution in [0.5, 0.6) is 5.75 Å². The third-order valence-electron chi connectivity index (χ3n) is 4.62. The van der Waals surface area contributed by atoms with E-state index in [-0.39, 0.29) is 11.9 Å². The molecule has 1 amide bonds. The number of amides is 1. The zero-order chi connectivity index (χ0) is 21.0. The number of hydrogen-bond donors (Lipinski definition) is 1. The van der Waals surface area contributed by atoms with Gasteiger partial charge in [-0.15, -0.1) is 11.3 Å². The third kappa shape index (κ3) is 5.24. The van der Waals surface area contributed by atoms with Crippen molar-refractivity contribution in [2.24, 2.45) is 0 Å². The lowest BCUT2D eigenvalue weighted by Gasteiger charge is -2.16. The molecular weight excluding hydrogens is 433 g/mol. The fourth-order valence-electron chi connectivity index (χ4n) is 3.17. The number of halogens is 2. The van der Waals surface area contributed by atoms with Crippen molar-refractivity contribution in [1.82, 2.24) is 0 Å². The molecule has 8 heteroatoms. The van der Waals surface area contributed by atoms with Gasteiger partial charge in [-0.05, 0) is 62.8 Å². The second kappa shape index (κ2) is 9.83. The second-order valence-corrected chi connectivity index (χ2v) is 8.82. The first-order valence-corrected chi connectivity index (χ1v) is 11.2. The molecule has 5 nitrogen and oxygen atoms in total. The Balaban J connectivity index is 1.78. The van der Waals surface area contributed by atoms with Crippen molar-refractivity contribution in [1.29, 1.82) is 0 Å². The molecule has 1 N–H and O–H groups in total. The minimum Gasteiger partial charge on any atom is -0.479 e. The smallest absolute Gasteiger partial charge is 0.341 e. The van der Waals surface area contributed by atoms with Gasteiger partial charge in [0.2, 0.25) is 0 Å². The highest BCUT2D eigenvalue weighted by Gasteiger charge is 2.28. The molecule has 0 unspecified atom stereocenters. The lowest BCUT2D eigenvalue weighted by Crippen LogP contribution is -2.30. The Labute approximate surface area is 184 Å². The molecule has 1 aromatic heterocycles. The van der Waals surface area contributed by atoms with Crippen molar-refractivity contribution in [2.45, 2.75) is 52.1 Å². The lowest BCUT2D eigenvalue weighted by molar-refractivity contribution is -0.122. The van der Waals surface area contributed by atoms with E-state index in [1.807, 2.05) is 6.92 Å². The summed E-state index contributed by atoms with van der Waals surface area (Å²) in [7, 11) is 0. The molecule has 1 aliphatic carbocycles. The molecule has 1 aromatic carbocycles. The molecular formula is C21H23Cl2NO4S. The number of benzene rings is 1. The van der Waals surface area contributed by atoms with Gasteiger partial charge in [0.1, 0.15) is 10.8 Å². The maximum atomic E-state index is 12.7. The number of hydrogen-bond acceptors (Lipinski definition) is 5. The molecule has 1 aliphatic rings. The molecule has 156 valence electrons. The van der Waals surface area contributed by atoms with Crippen LogP contribution in [-0.2, 0) is 22.4 Å². The Morgan fingerprint density at radius 3 is 2.72 bits per heavy atom. The maximum Gasteiger partial charge on any atom is 0.341 e. The number of esters is 1. The van der Waals surface area contributed by atoms with E-state index in [2.05, 4.69) is 5.32 Å². The van der Waals surface area contributed by atoms with E-state index < -0.39 is 6.10 Å². The summed E-state index contributed by atoms with van der Waals surface area (Å²) >= 11 is 13.5. The van der Waals surface area contributed by atoms with Gasteiger partial charge in [0, 0.05) is 9.90 Å². The van der Waals surface area contributed by atoms with E-state index >= 15 is 0 Å². The Bertz CT molecular complexity index is 912. The average molecular weight is 456 g/mol. The predicted molar refractivity (Wildman–Crippen MR) is 117 cm³/mol. The zero-order valence-electron chi connectivity index (χ0n) is 16.3. The number of carbonyl (C=O) groups excluding carboxylic acids is 2. The van der Waals surface area contributed by atoms with E-state index in [0.29, 0.717) is 33.0 Å². The normalized spacial score (nSPS) is 14.1. The van der Waals surface area contributed by atoms with E-state index in [1.165, 1.54) is 11.3 Å². The standard InChI is InChI=1S/C21H23Cl2NO4S/c1-3-10-27-21(26)18-14-6-4-5-7-17(14)29-20(18)24-19(25)12(2)28-16-9-8-13(22)11-15(16)23/h8-9,11-12H,3-7,10H2,1-2H3,(H,24,25)/t12-/m0/s1. The quantitative estimate of drug-likeness (QED) is 0.527. The molecule has 0 bridgehead atoms. The van der Waals surface area contributed by atoms with Crippen LogP contribution in [0.4, 0.5) is 5.00 Å². The van der Waals surface area contributed by atoms with E-state index in [1.54, 1.807) is 25.1 Å². The first-order valence-electron chi connectivity index (χ1n) is 9.65. The number of anilines is 1. The highest BCUT2D eigenvalue weighted by Crippen LogP contribution is 2.39. The highest BCUT2D eigenvalue weighted by molar-refractivity contribution is 7.17. The van der Waals surface area contributed by atoms with E-state index in [0.717, 1.165) is 42.5 Å². The number of aryl methyl sites for hydroxylation is 1. The predicted octanol–water partition coefficient (Wildman–Crippen LogP) is 5.91. The summed E-state index contributed by atoms with van der Waals surface area (Å²) in [6.45, 7) is 3.92. The first-order chi connectivity index (χ1) is 13.9. The van der Waals surface area contributed by atoms with Gasteiger partial charge in [-0.25, -0.2) is 4.79 Å². The fraction of sp³-hybridized carbons (Fsp3) is 0.429. The average Bonchev–Trinajstić information content (AvgIpc) is 3.06. The number of thiophene rings is 1. The summed E-state index contributed by atoms with van der Waals surface area (Å²) < 4.78 is 11.0. The van der Waals surface area contributed by atoms with Crippen LogP contribution in [-0.4, -0.2) is 24.6 Å². The van der Waals surface area contributed by atoms with Crippen molar-refractivity contribution in [3.63, 3.8) is 0 Å². The van der Waals surface area contributed by atoms with Crippen LogP contribution in [0.1, 0.15) is 53.9 Å². The van der Waals surface area contributed by atoms with Crippen LogP contribution in [0.2, 0.25) is 10.0 Å². The molecule has 0 spiro atoms. The van der Waals surface area contributed by atoms with E-state index in [9.17, 15) is 9.59 Å². The van der Waals surface area contributed by atoms with Crippen LogP contribution in [0, 0.1) is 0 Å². The molecule has 0 fully saturated rings. The summed E-state index contributed by atoms with van der Waals surface area (Å²) in [5.74, 6) is -0.373. The third-order valence-corrected chi connectivity index (χ3v) is 6.35. The SMILES string of the molecule is CCCOC(=O)c1c(NC(=O)[C@H](C)Oc2ccc(Cl)cc2Cl)sc2c1CCCC2. The van der Waals surface area contributed by atoms with Crippen LogP contribution in [0.25, 0.3) is 0 Å². The molecule has 3 rings (SSSR count). The van der Waals surface area contributed by atoms with Gasteiger partial charge < -0.3 is 14.8 Å². The van der Waals surface area contributed by atoms with Crippen molar-refractivity contribution in [3.05, 3.63) is 44.2 Å². The molecule has 0 radical (unpaired) electrons. The molecule has 29 heavy (non-hydrogen) atoms. The summed E-state index contributed by atoms with van der Waals surface area (Å²) in [6, 6.07) is 4.81. The van der Waals surface area contributed by atoms with Crippen molar-refractivity contribution < 1.29 is 19.1 Å². The Morgan fingerprint density at radius 1 is 1.24 bits per heavy atom. The first kappa shape index (κ1) is 21.9. The Morgan fingerprint density at radius 2 is 2.00 bits per heavy atom. The molecule has 1 atom stereocenters. The molecule has 2 aromatic rings. The van der Waals surface area contributed by atoms with Crippen molar-refractivity contribution >= 4 is 51.4 Å². The second-order valence-electron chi connectivity index (χ2n) is 6.88. The number of rotatable bonds is 7. The van der Waals surface area contributed by atoms with Gasteiger partial charge in [0.25, 0.3) is 5.91 Å². The van der Waals surface area contributed by atoms with Crippen LogP contribution in [0.15, 0.2) is 18.2 Å². The lowest BCUT2D eigenvalue weighted by atomic mass is 9.95. The van der Waals surface area contributed by atoms with Crippen LogP contribution >= 0.6 is 34.5 Å². The van der Waals surface area contributed by atoms with Gasteiger partial charge in [-0.2, -0.15) is 0 Å². The van der Waals surface area contributed by atoms with Gasteiger partial charge in [0.05, 0.1) is 17.2 Å². The molecule has 1 heterocycles. The molecule has 0 aliphatic heterocycles. The fourth-order valence-corrected chi connectivity index (χ4v) is 4.90. The highest BCUT2D eigenvalue weighted by atomic mass is 35.5. The number of carbonyl (C=O) groups is 2. The van der Waals surface area contributed by atoms with Gasteiger partial charge in [0.15, 0.2) is 6.10 Å². The maximum absolute atomic E-state index is 12.7. The van der Waals surface area contributed by atoms with Crippen LogP contribution in [0.3, 0.4) is 0 Å². The van der Waals surface area contributed by atoms with Gasteiger partial charge in [-0.3, -0.25) is 4.79 Å². The van der Waals surface area contributed by atoms with E-state index in [4.69, 9.17) is 32.7 Å². The van der Waals surface area contributed by atoms with Crippen LogP contribution < -0.4 is 10.1 Å². The van der Waals surface area contributed by atoms with Crippen molar-refractivity contribution in [3.8, 4) is 5.75 Å². The minimum atomic E-state index is -0.813. The monoisotopic (exact) mass is 455 g/mol. The number of fused-ring (bicyclic) bond motifs is 1.